The Balaban J connectivity index is 2.03. The fraction of sp³-hybridized carbons (Fsp3) is 0.818. The van der Waals surface area contributed by atoms with Crippen molar-refractivity contribution in [3.8, 4) is 0 Å². The van der Waals surface area contributed by atoms with E-state index in [2.05, 4.69) is 12.2 Å². The lowest BCUT2D eigenvalue weighted by Crippen LogP contribution is -2.29. The SMILES string of the molecule is O[C@@H]1CC[C@@]23C=CC[C@@H]2C[C@H](Cl)[C@@H]13. The Bertz CT molecular complexity index is 263. The Labute approximate surface area is 83.8 Å². The van der Waals surface area contributed by atoms with E-state index in [1.165, 1.54) is 6.42 Å². The van der Waals surface area contributed by atoms with Crippen LogP contribution in [0.5, 0.6) is 0 Å². The number of rotatable bonds is 0. The average molecular weight is 199 g/mol. The van der Waals surface area contributed by atoms with Gasteiger partial charge in [-0.2, -0.15) is 0 Å². The molecule has 2 saturated carbocycles. The first-order valence-corrected chi connectivity index (χ1v) is 5.67. The molecule has 0 heterocycles. The van der Waals surface area contributed by atoms with E-state index in [1.54, 1.807) is 0 Å². The van der Waals surface area contributed by atoms with Gasteiger partial charge >= 0.3 is 0 Å². The summed E-state index contributed by atoms with van der Waals surface area (Å²) in [5, 5.41) is 10.1. The van der Waals surface area contributed by atoms with E-state index in [9.17, 15) is 5.11 Å². The van der Waals surface area contributed by atoms with Crippen LogP contribution in [0.2, 0.25) is 0 Å². The fourth-order valence-corrected chi connectivity index (χ4v) is 4.51. The molecular weight excluding hydrogens is 184 g/mol. The maximum absolute atomic E-state index is 9.89. The van der Waals surface area contributed by atoms with Gasteiger partial charge < -0.3 is 5.11 Å². The molecule has 0 saturated heterocycles. The zero-order chi connectivity index (χ0) is 9.05. The first kappa shape index (κ1) is 8.31. The highest BCUT2D eigenvalue weighted by Crippen LogP contribution is 2.63. The van der Waals surface area contributed by atoms with Crippen molar-refractivity contribution >= 4 is 11.6 Å². The van der Waals surface area contributed by atoms with E-state index in [4.69, 9.17) is 11.6 Å². The molecular formula is C11H15ClO. The van der Waals surface area contributed by atoms with E-state index < -0.39 is 0 Å². The van der Waals surface area contributed by atoms with Crippen LogP contribution in [-0.2, 0) is 0 Å². The molecule has 1 nitrogen and oxygen atoms in total. The second-order valence-corrected chi connectivity index (χ2v) is 5.39. The Morgan fingerprint density at radius 3 is 3.15 bits per heavy atom. The van der Waals surface area contributed by atoms with Crippen molar-refractivity contribution in [3.63, 3.8) is 0 Å². The third kappa shape index (κ3) is 0.875. The van der Waals surface area contributed by atoms with Crippen molar-refractivity contribution in [2.45, 2.75) is 37.2 Å². The highest BCUT2D eigenvalue weighted by atomic mass is 35.5. The van der Waals surface area contributed by atoms with Gasteiger partial charge in [-0.05, 0) is 37.0 Å². The number of hydrogen-bond donors (Lipinski definition) is 1. The Morgan fingerprint density at radius 1 is 1.46 bits per heavy atom. The third-order valence-electron chi connectivity index (χ3n) is 4.42. The number of halogens is 1. The minimum absolute atomic E-state index is 0.143. The molecule has 0 radical (unpaired) electrons. The molecule has 3 aliphatic carbocycles. The predicted octanol–water partition coefficient (Wildman–Crippen LogP) is 2.33. The number of alkyl halides is 1. The summed E-state index contributed by atoms with van der Waals surface area (Å²) in [5.74, 6) is 1.08. The Morgan fingerprint density at radius 2 is 2.31 bits per heavy atom. The Kier molecular flexibility index (Phi) is 1.61. The summed E-state index contributed by atoms with van der Waals surface area (Å²) in [6, 6.07) is 0. The van der Waals surface area contributed by atoms with Crippen LogP contribution >= 0.6 is 11.6 Å². The first-order valence-electron chi connectivity index (χ1n) is 5.24. The van der Waals surface area contributed by atoms with Gasteiger partial charge in [0.25, 0.3) is 0 Å². The maximum Gasteiger partial charge on any atom is 0.0591 e. The van der Waals surface area contributed by atoms with Gasteiger partial charge in [0.2, 0.25) is 0 Å². The van der Waals surface area contributed by atoms with Crippen molar-refractivity contribution in [1.82, 2.24) is 0 Å². The first-order chi connectivity index (χ1) is 6.24. The van der Waals surface area contributed by atoms with Crippen LogP contribution in [0.1, 0.15) is 25.7 Å². The highest BCUT2D eigenvalue weighted by Gasteiger charge is 2.59. The van der Waals surface area contributed by atoms with Crippen molar-refractivity contribution in [1.29, 1.82) is 0 Å². The van der Waals surface area contributed by atoms with Crippen molar-refractivity contribution in [2.75, 3.05) is 0 Å². The van der Waals surface area contributed by atoms with Crippen LogP contribution in [-0.4, -0.2) is 16.6 Å². The van der Waals surface area contributed by atoms with Gasteiger partial charge in [0.15, 0.2) is 0 Å². The topological polar surface area (TPSA) is 20.2 Å². The van der Waals surface area contributed by atoms with Crippen LogP contribution in [0.25, 0.3) is 0 Å². The number of aliphatic hydroxyl groups is 1. The summed E-state index contributed by atoms with van der Waals surface area (Å²) in [7, 11) is 0. The van der Waals surface area contributed by atoms with Crippen LogP contribution < -0.4 is 0 Å². The molecule has 0 aromatic heterocycles. The molecule has 0 unspecified atom stereocenters. The molecule has 0 bridgehead atoms. The minimum Gasteiger partial charge on any atom is -0.393 e. The van der Waals surface area contributed by atoms with Crippen LogP contribution in [0.3, 0.4) is 0 Å². The van der Waals surface area contributed by atoms with Crippen molar-refractivity contribution in [2.24, 2.45) is 17.3 Å². The smallest absolute Gasteiger partial charge is 0.0591 e. The van der Waals surface area contributed by atoms with Gasteiger partial charge in [0.1, 0.15) is 0 Å². The second-order valence-electron chi connectivity index (χ2n) is 4.83. The summed E-state index contributed by atoms with van der Waals surface area (Å²) in [5.41, 5.74) is 0.297. The number of allylic oxidation sites excluding steroid dienone is 2. The molecule has 3 aliphatic rings. The second kappa shape index (κ2) is 2.52. The average Bonchev–Trinajstić information content (AvgIpc) is 2.65. The standard InChI is InChI=1S/C11H15ClO/c12-8-6-7-2-1-4-11(7)5-3-9(13)10(8)11/h1,4,7-10,13H,2-3,5-6H2/t7-,8+,9-,10+,11+/m1/s1. The molecule has 5 atom stereocenters. The van der Waals surface area contributed by atoms with Gasteiger partial charge in [0, 0.05) is 11.3 Å². The van der Waals surface area contributed by atoms with Gasteiger partial charge in [-0.3, -0.25) is 0 Å². The quantitative estimate of drug-likeness (QED) is 0.468. The Hall–Kier alpha value is -0.0100. The van der Waals surface area contributed by atoms with Crippen molar-refractivity contribution < 1.29 is 5.11 Å². The van der Waals surface area contributed by atoms with Gasteiger partial charge in [-0.1, -0.05) is 12.2 Å². The minimum atomic E-state index is -0.143. The molecule has 1 spiro atoms. The van der Waals surface area contributed by atoms with Gasteiger partial charge in [-0.25, -0.2) is 0 Å². The largest absolute Gasteiger partial charge is 0.393 e. The van der Waals surface area contributed by atoms with Crippen LogP contribution in [0.15, 0.2) is 12.2 Å². The van der Waals surface area contributed by atoms with Gasteiger partial charge in [-0.15, -0.1) is 11.6 Å². The molecule has 0 aromatic rings. The molecule has 2 heteroatoms. The van der Waals surface area contributed by atoms with Crippen LogP contribution in [0, 0.1) is 17.3 Å². The molecule has 0 amide bonds. The normalized spacial score (nSPS) is 58.3. The highest BCUT2D eigenvalue weighted by molar-refractivity contribution is 6.21. The molecule has 0 aliphatic heterocycles. The summed E-state index contributed by atoms with van der Waals surface area (Å²) in [6.45, 7) is 0. The molecule has 3 rings (SSSR count). The number of hydrogen-bond acceptors (Lipinski definition) is 1. The number of aliphatic hydroxyl groups excluding tert-OH is 1. The summed E-state index contributed by atoms with van der Waals surface area (Å²) in [4.78, 5) is 0. The molecule has 13 heavy (non-hydrogen) atoms. The molecule has 0 aromatic carbocycles. The molecule has 72 valence electrons. The van der Waals surface area contributed by atoms with E-state index >= 15 is 0 Å². The zero-order valence-corrected chi connectivity index (χ0v) is 8.37. The lowest BCUT2D eigenvalue weighted by Gasteiger charge is -2.29. The summed E-state index contributed by atoms with van der Waals surface area (Å²) in [6.07, 6.45) is 8.90. The van der Waals surface area contributed by atoms with E-state index in [0.717, 1.165) is 25.2 Å². The third-order valence-corrected chi connectivity index (χ3v) is 4.87. The zero-order valence-electron chi connectivity index (χ0n) is 7.62. The lowest BCUT2D eigenvalue weighted by molar-refractivity contribution is 0.108. The maximum atomic E-state index is 9.89. The fourth-order valence-electron chi connectivity index (χ4n) is 3.89. The predicted molar refractivity (Wildman–Crippen MR) is 52.7 cm³/mol. The monoisotopic (exact) mass is 198 g/mol. The summed E-state index contributed by atoms with van der Waals surface area (Å²) < 4.78 is 0. The van der Waals surface area contributed by atoms with Crippen LogP contribution in [0.4, 0.5) is 0 Å². The van der Waals surface area contributed by atoms with Gasteiger partial charge in [0.05, 0.1) is 6.10 Å². The molecule has 1 N–H and O–H groups in total. The molecule has 2 fully saturated rings. The van der Waals surface area contributed by atoms with E-state index in [0.29, 0.717) is 11.3 Å². The van der Waals surface area contributed by atoms with E-state index in [-0.39, 0.29) is 11.5 Å². The summed E-state index contributed by atoms with van der Waals surface area (Å²) >= 11 is 6.31. The van der Waals surface area contributed by atoms with Crippen molar-refractivity contribution in [3.05, 3.63) is 12.2 Å². The van der Waals surface area contributed by atoms with E-state index in [1.807, 2.05) is 0 Å². The lowest BCUT2D eigenvalue weighted by atomic mass is 9.76.